The van der Waals surface area contributed by atoms with Gasteiger partial charge in [0.15, 0.2) is 5.78 Å². The molecule has 2 aromatic carbocycles. The Morgan fingerprint density at radius 1 is 0.889 bits per heavy atom. The van der Waals surface area contributed by atoms with E-state index >= 15 is 0 Å². The summed E-state index contributed by atoms with van der Waals surface area (Å²) in [4.78, 5) is 23.3. The fourth-order valence-electron chi connectivity index (χ4n) is 1.73. The third kappa shape index (κ3) is 2.30. The number of carbonyl (C=O) groups excluding carboxylic acids is 1. The lowest BCUT2D eigenvalue weighted by Crippen LogP contribution is -2.09. The summed E-state index contributed by atoms with van der Waals surface area (Å²) in [5, 5.41) is 9.05. The second kappa shape index (κ2) is 4.84. The number of ketones is 1. The van der Waals surface area contributed by atoms with Crippen LogP contribution in [0.3, 0.4) is 0 Å². The highest BCUT2D eigenvalue weighted by atomic mass is 16.4. The summed E-state index contributed by atoms with van der Waals surface area (Å²) in [6, 6.07) is 13.3. The molecule has 0 saturated carbocycles. The molecular weight excluding hydrogens is 228 g/mol. The van der Waals surface area contributed by atoms with Crippen molar-refractivity contribution in [3.63, 3.8) is 0 Å². The minimum absolute atomic E-state index is 0.0306. The molecule has 0 amide bonds. The lowest BCUT2D eigenvalue weighted by atomic mass is 9.98. The number of carboxylic acids is 1. The Balaban J connectivity index is 2.46. The van der Waals surface area contributed by atoms with E-state index in [1.54, 1.807) is 24.3 Å². The van der Waals surface area contributed by atoms with Gasteiger partial charge in [-0.3, -0.25) is 4.79 Å². The quantitative estimate of drug-likeness (QED) is 0.839. The number of rotatable bonds is 3. The summed E-state index contributed by atoms with van der Waals surface area (Å²) >= 11 is 0. The number of benzene rings is 2. The van der Waals surface area contributed by atoms with Gasteiger partial charge in [-0.05, 0) is 13.0 Å². The van der Waals surface area contributed by atoms with Gasteiger partial charge >= 0.3 is 5.97 Å². The third-order valence-electron chi connectivity index (χ3n) is 2.72. The standard InChI is InChI=1S/C15H12O3/c1-10-6-8-11(9-7-10)14(16)12-4-2-3-5-13(12)15(17)18/h2-9H,1H3,(H,17,18). The van der Waals surface area contributed by atoms with E-state index in [9.17, 15) is 9.59 Å². The average molecular weight is 240 g/mol. The summed E-state index contributed by atoms with van der Waals surface area (Å²) in [5.41, 5.74) is 1.80. The first-order valence-corrected chi connectivity index (χ1v) is 5.53. The van der Waals surface area contributed by atoms with Gasteiger partial charge in [0, 0.05) is 11.1 Å². The molecule has 3 heteroatoms. The molecule has 0 aliphatic carbocycles. The Kier molecular flexibility index (Phi) is 3.24. The monoisotopic (exact) mass is 240 g/mol. The van der Waals surface area contributed by atoms with E-state index in [1.165, 1.54) is 12.1 Å². The van der Waals surface area contributed by atoms with Crippen LogP contribution in [0.1, 0.15) is 31.8 Å². The van der Waals surface area contributed by atoms with E-state index in [-0.39, 0.29) is 16.9 Å². The molecule has 2 aromatic rings. The molecule has 0 heterocycles. The highest BCUT2D eigenvalue weighted by Gasteiger charge is 2.16. The van der Waals surface area contributed by atoms with Crippen molar-refractivity contribution < 1.29 is 14.7 Å². The van der Waals surface area contributed by atoms with Crippen LogP contribution in [0.5, 0.6) is 0 Å². The second-order valence-corrected chi connectivity index (χ2v) is 4.05. The van der Waals surface area contributed by atoms with Crippen LogP contribution >= 0.6 is 0 Å². The van der Waals surface area contributed by atoms with Crippen molar-refractivity contribution in [1.82, 2.24) is 0 Å². The fourth-order valence-corrected chi connectivity index (χ4v) is 1.73. The molecule has 0 atom stereocenters. The first-order chi connectivity index (χ1) is 8.59. The molecule has 0 aromatic heterocycles. The Morgan fingerprint density at radius 2 is 1.44 bits per heavy atom. The number of aromatic carboxylic acids is 1. The van der Waals surface area contributed by atoms with Gasteiger partial charge in [0.25, 0.3) is 0 Å². The summed E-state index contributed by atoms with van der Waals surface area (Å²) in [5.74, 6) is -1.36. The van der Waals surface area contributed by atoms with Gasteiger partial charge in [-0.25, -0.2) is 4.79 Å². The van der Waals surface area contributed by atoms with Crippen molar-refractivity contribution in [3.8, 4) is 0 Å². The molecule has 0 fully saturated rings. The van der Waals surface area contributed by atoms with Crippen LogP contribution in [0.25, 0.3) is 0 Å². The minimum Gasteiger partial charge on any atom is -0.478 e. The van der Waals surface area contributed by atoms with Gasteiger partial charge < -0.3 is 5.11 Å². The molecule has 0 aliphatic rings. The van der Waals surface area contributed by atoms with Gasteiger partial charge in [0.05, 0.1) is 5.56 Å². The van der Waals surface area contributed by atoms with Crippen molar-refractivity contribution in [2.45, 2.75) is 6.92 Å². The number of carbonyl (C=O) groups is 2. The Hall–Kier alpha value is -2.42. The molecule has 0 radical (unpaired) electrons. The normalized spacial score (nSPS) is 10.1. The predicted octanol–water partition coefficient (Wildman–Crippen LogP) is 2.92. The Bertz CT molecular complexity index is 597. The van der Waals surface area contributed by atoms with E-state index in [0.29, 0.717) is 5.56 Å². The Labute approximate surface area is 105 Å². The summed E-state index contributed by atoms with van der Waals surface area (Å²) in [6.45, 7) is 1.93. The maximum atomic E-state index is 12.2. The zero-order valence-corrected chi connectivity index (χ0v) is 9.88. The van der Waals surface area contributed by atoms with Gasteiger partial charge in [-0.1, -0.05) is 48.0 Å². The molecule has 3 nitrogen and oxygen atoms in total. The zero-order valence-electron chi connectivity index (χ0n) is 9.88. The van der Waals surface area contributed by atoms with Crippen LogP contribution in [0.4, 0.5) is 0 Å². The van der Waals surface area contributed by atoms with E-state index < -0.39 is 5.97 Å². The first-order valence-electron chi connectivity index (χ1n) is 5.53. The van der Waals surface area contributed by atoms with E-state index in [4.69, 9.17) is 5.11 Å². The van der Waals surface area contributed by atoms with Crippen LogP contribution in [-0.2, 0) is 0 Å². The van der Waals surface area contributed by atoms with Crippen molar-refractivity contribution in [2.24, 2.45) is 0 Å². The number of hydrogen-bond donors (Lipinski definition) is 1. The third-order valence-corrected chi connectivity index (χ3v) is 2.72. The van der Waals surface area contributed by atoms with Crippen LogP contribution in [0, 0.1) is 6.92 Å². The van der Waals surface area contributed by atoms with Crippen LogP contribution < -0.4 is 0 Å². The lowest BCUT2D eigenvalue weighted by molar-refractivity contribution is 0.0693. The zero-order chi connectivity index (χ0) is 13.1. The molecule has 90 valence electrons. The van der Waals surface area contributed by atoms with Crippen molar-refractivity contribution in [1.29, 1.82) is 0 Å². The van der Waals surface area contributed by atoms with Gasteiger partial charge in [0.1, 0.15) is 0 Å². The number of carboxylic acid groups (broad SMARTS) is 1. The minimum atomic E-state index is -1.09. The molecule has 0 unspecified atom stereocenters. The van der Waals surface area contributed by atoms with E-state index in [1.807, 2.05) is 19.1 Å². The van der Waals surface area contributed by atoms with Crippen LogP contribution in [-0.4, -0.2) is 16.9 Å². The number of aryl methyl sites for hydroxylation is 1. The van der Waals surface area contributed by atoms with Gasteiger partial charge in [-0.15, -0.1) is 0 Å². The molecular formula is C15H12O3. The van der Waals surface area contributed by atoms with Crippen molar-refractivity contribution in [3.05, 3.63) is 70.8 Å². The number of hydrogen-bond acceptors (Lipinski definition) is 2. The topological polar surface area (TPSA) is 54.4 Å². The molecule has 0 aliphatic heterocycles. The SMILES string of the molecule is Cc1ccc(C(=O)c2ccccc2C(=O)O)cc1. The Morgan fingerprint density at radius 3 is 2.00 bits per heavy atom. The van der Waals surface area contributed by atoms with E-state index in [0.717, 1.165) is 5.56 Å². The molecule has 18 heavy (non-hydrogen) atoms. The maximum Gasteiger partial charge on any atom is 0.336 e. The molecule has 0 spiro atoms. The fraction of sp³-hybridized carbons (Fsp3) is 0.0667. The largest absolute Gasteiger partial charge is 0.478 e. The predicted molar refractivity (Wildman–Crippen MR) is 68.0 cm³/mol. The van der Waals surface area contributed by atoms with Crippen molar-refractivity contribution in [2.75, 3.05) is 0 Å². The summed E-state index contributed by atoms with van der Waals surface area (Å²) in [7, 11) is 0. The summed E-state index contributed by atoms with van der Waals surface area (Å²) < 4.78 is 0. The first kappa shape index (κ1) is 12.0. The lowest BCUT2D eigenvalue weighted by Gasteiger charge is -2.05. The molecule has 2 rings (SSSR count). The van der Waals surface area contributed by atoms with Gasteiger partial charge in [-0.2, -0.15) is 0 Å². The summed E-state index contributed by atoms with van der Waals surface area (Å²) in [6.07, 6.45) is 0. The second-order valence-electron chi connectivity index (χ2n) is 4.05. The van der Waals surface area contributed by atoms with Gasteiger partial charge in [0.2, 0.25) is 0 Å². The maximum absolute atomic E-state index is 12.2. The smallest absolute Gasteiger partial charge is 0.336 e. The highest BCUT2D eigenvalue weighted by Crippen LogP contribution is 2.15. The van der Waals surface area contributed by atoms with Crippen LogP contribution in [0.15, 0.2) is 48.5 Å². The van der Waals surface area contributed by atoms with E-state index in [2.05, 4.69) is 0 Å². The highest BCUT2D eigenvalue weighted by molar-refractivity contribution is 6.14. The molecule has 0 bridgehead atoms. The van der Waals surface area contributed by atoms with Crippen molar-refractivity contribution >= 4 is 11.8 Å². The van der Waals surface area contributed by atoms with Crippen LogP contribution in [0.2, 0.25) is 0 Å². The molecule has 1 N–H and O–H groups in total. The molecule has 0 saturated heterocycles. The average Bonchev–Trinajstić information content (AvgIpc) is 2.39.